The van der Waals surface area contributed by atoms with Gasteiger partial charge >= 0.3 is 0 Å². The molecule has 7 rings (SSSR count). The Morgan fingerprint density at radius 1 is 0.625 bits per heavy atom. The first-order chi connectivity index (χ1) is 15.8. The molecule has 4 aromatic carbocycles. The van der Waals surface area contributed by atoms with E-state index < -0.39 is 0 Å². The SMILES string of the molecule is C=C1/C=C\C=C/C2c3ccccc3C1c1nc3cc4cc5ccccc5cc4cc3nc12. The molecule has 0 saturated carbocycles. The van der Waals surface area contributed by atoms with Gasteiger partial charge in [0.05, 0.1) is 28.3 Å². The zero-order chi connectivity index (χ0) is 21.2. The summed E-state index contributed by atoms with van der Waals surface area (Å²) < 4.78 is 0. The van der Waals surface area contributed by atoms with E-state index in [9.17, 15) is 0 Å². The lowest BCUT2D eigenvalue weighted by atomic mass is 9.74. The Hall–Kier alpha value is -4.04. The number of fused-ring (bicyclic) bond motifs is 6. The predicted octanol–water partition coefficient (Wildman–Crippen LogP) is 7.20. The molecule has 0 spiro atoms. The van der Waals surface area contributed by atoms with E-state index in [1.54, 1.807) is 0 Å². The van der Waals surface area contributed by atoms with Crippen molar-refractivity contribution in [1.29, 1.82) is 0 Å². The number of hydrogen-bond donors (Lipinski definition) is 0. The van der Waals surface area contributed by atoms with Gasteiger partial charge < -0.3 is 0 Å². The van der Waals surface area contributed by atoms with Gasteiger partial charge in [-0.15, -0.1) is 0 Å². The molecule has 2 aliphatic carbocycles. The van der Waals surface area contributed by atoms with Gasteiger partial charge in [0.25, 0.3) is 0 Å². The fourth-order valence-corrected chi connectivity index (χ4v) is 5.33. The highest BCUT2D eigenvalue weighted by Crippen LogP contribution is 2.46. The van der Waals surface area contributed by atoms with Gasteiger partial charge in [0.2, 0.25) is 0 Å². The van der Waals surface area contributed by atoms with Crippen LogP contribution >= 0.6 is 0 Å². The Morgan fingerprint density at radius 2 is 1.25 bits per heavy atom. The van der Waals surface area contributed by atoms with E-state index in [-0.39, 0.29) is 11.8 Å². The third-order valence-electron chi connectivity index (χ3n) is 6.85. The quantitative estimate of drug-likeness (QED) is 0.253. The molecule has 0 radical (unpaired) electrons. The van der Waals surface area contributed by atoms with E-state index in [4.69, 9.17) is 9.97 Å². The Kier molecular flexibility index (Phi) is 3.57. The summed E-state index contributed by atoms with van der Waals surface area (Å²) in [7, 11) is 0. The molecule has 2 heteroatoms. The molecule has 2 atom stereocenters. The standard InChI is InChI=1S/C30H20N2/c1-18-8-2-5-13-25-23-11-6-7-12-24(23)28(18)30-29(25)31-26-16-21-14-19-9-3-4-10-20(19)15-22(21)17-27(26)32-30/h2-17,25,28H,1H2/b8-2-,13-5-. The highest BCUT2D eigenvalue weighted by molar-refractivity contribution is 6.03. The van der Waals surface area contributed by atoms with Crippen molar-refractivity contribution in [3.05, 3.63) is 132 Å². The van der Waals surface area contributed by atoms with Crippen LogP contribution in [0.5, 0.6) is 0 Å². The number of benzene rings is 4. The second kappa shape index (κ2) is 6.48. The highest BCUT2D eigenvalue weighted by atomic mass is 14.9. The molecular formula is C30H20N2. The number of hydrogen-bond acceptors (Lipinski definition) is 2. The summed E-state index contributed by atoms with van der Waals surface area (Å²) in [6, 6.07) is 26.0. The molecule has 32 heavy (non-hydrogen) atoms. The maximum Gasteiger partial charge on any atom is 0.0897 e. The number of allylic oxidation sites excluding steroid dienone is 5. The van der Waals surface area contributed by atoms with E-state index in [0.717, 1.165) is 28.0 Å². The maximum absolute atomic E-state index is 5.23. The summed E-state index contributed by atoms with van der Waals surface area (Å²) in [6.45, 7) is 4.41. The highest BCUT2D eigenvalue weighted by Gasteiger charge is 2.35. The van der Waals surface area contributed by atoms with Crippen LogP contribution in [0, 0.1) is 0 Å². The van der Waals surface area contributed by atoms with Gasteiger partial charge in [0.1, 0.15) is 0 Å². The van der Waals surface area contributed by atoms with Gasteiger partial charge in [-0.3, -0.25) is 0 Å². The van der Waals surface area contributed by atoms with Crippen molar-refractivity contribution in [2.45, 2.75) is 11.8 Å². The largest absolute Gasteiger partial charge is 0.248 e. The van der Waals surface area contributed by atoms with Crippen LogP contribution in [0.2, 0.25) is 0 Å². The molecule has 2 bridgehead atoms. The second-order valence-electron chi connectivity index (χ2n) is 8.74. The smallest absolute Gasteiger partial charge is 0.0897 e. The molecule has 1 aromatic heterocycles. The zero-order valence-electron chi connectivity index (χ0n) is 17.5. The molecule has 0 fully saturated rings. The monoisotopic (exact) mass is 408 g/mol. The summed E-state index contributed by atoms with van der Waals surface area (Å²) in [4.78, 5) is 10.5. The van der Waals surface area contributed by atoms with Crippen LogP contribution in [0.25, 0.3) is 32.6 Å². The Balaban J connectivity index is 1.55. The molecule has 5 aromatic rings. The zero-order valence-corrected chi connectivity index (χ0v) is 17.5. The van der Waals surface area contributed by atoms with E-state index >= 15 is 0 Å². The minimum atomic E-state index is 0.0257. The minimum absolute atomic E-state index is 0.0257. The lowest BCUT2D eigenvalue weighted by Gasteiger charge is -2.31. The first-order valence-corrected chi connectivity index (χ1v) is 11.0. The van der Waals surface area contributed by atoms with Crippen LogP contribution in [0.4, 0.5) is 0 Å². The summed E-state index contributed by atoms with van der Waals surface area (Å²) >= 11 is 0. The molecule has 2 aliphatic rings. The number of rotatable bonds is 0. The number of aromatic nitrogens is 2. The molecular weight excluding hydrogens is 388 g/mol. The van der Waals surface area contributed by atoms with Gasteiger partial charge in [0.15, 0.2) is 0 Å². The minimum Gasteiger partial charge on any atom is -0.248 e. The van der Waals surface area contributed by atoms with Crippen LogP contribution in [0.15, 0.2) is 109 Å². The lowest BCUT2D eigenvalue weighted by Crippen LogP contribution is -2.21. The van der Waals surface area contributed by atoms with Crippen LogP contribution in [-0.2, 0) is 0 Å². The van der Waals surface area contributed by atoms with Crippen LogP contribution in [0.1, 0.15) is 34.4 Å². The van der Waals surface area contributed by atoms with Crippen molar-refractivity contribution in [1.82, 2.24) is 9.97 Å². The molecule has 2 nitrogen and oxygen atoms in total. The molecule has 0 amide bonds. The number of nitrogens with zero attached hydrogens (tertiary/aromatic N) is 2. The summed E-state index contributed by atoms with van der Waals surface area (Å²) in [6.07, 6.45) is 8.54. The van der Waals surface area contributed by atoms with Crippen molar-refractivity contribution in [2.75, 3.05) is 0 Å². The van der Waals surface area contributed by atoms with Crippen LogP contribution < -0.4 is 0 Å². The average molecular weight is 409 g/mol. The van der Waals surface area contributed by atoms with Gasteiger partial charge in [-0.2, -0.15) is 0 Å². The molecule has 0 N–H and O–H groups in total. The Bertz CT molecular complexity index is 1650. The van der Waals surface area contributed by atoms with Crippen molar-refractivity contribution in [3.8, 4) is 0 Å². The summed E-state index contributed by atoms with van der Waals surface area (Å²) in [5.41, 5.74) is 7.59. The van der Waals surface area contributed by atoms with Gasteiger partial charge in [-0.25, -0.2) is 9.97 Å². The maximum atomic E-state index is 5.23. The topological polar surface area (TPSA) is 25.8 Å². The molecule has 1 heterocycles. The summed E-state index contributed by atoms with van der Waals surface area (Å²) in [5.74, 6) is 0.120. The van der Waals surface area contributed by atoms with Gasteiger partial charge in [-0.1, -0.05) is 79.4 Å². The first kappa shape index (κ1) is 17.6. The van der Waals surface area contributed by atoms with E-state index in [1.165, 1.54) is 32.7 Å². The Morgan fingerprint density at radius 3 is 1.97 bits per heavy atom. The van der Waals surface area contributed by atoms with Crippen molar-refractivity contribution in [3.63, 3.8) is 0 Å². The second-order valence-corrected chi connectivity index (χ2v) is 8.74. The van der Waals surface area contributed by atoms with E-state index in [2.05, 4.69) is 104 Å². The van der Waals surface area contributed by atoms with E-state index in [1.807, 2.05) is 0 Å². The van der Waals surface area contributed by atoms with Crippen molar-refractivity contribution in [2.24, 2.45) is 0 Å². The normalized spacial score (nSPS) is 21.1. The molecule has 2 unspecified atom stereocenters. The Labute approximate surface area is 186 Å². The van der Waals surface area contributed by atoms with Crippen molar-refractivity contribution < 1.29 is 0 Å². The van der Waals surface area contributed by atoms with E-state index in [0.29, 0.717) is 0 Å². The fourth-order valence-electron chi connectivity index (χ4n) is 5.33. The summed E-state index contributed by atoms with van der Waals surface area (Å²) in [5, 5.41) is 4.87. The van der Waals surface area contributed by atoms with Gasteiger partial charge in [-0.05, 0) is 62.5 Å². The van der Waals surface area contributed by atoms with Crippen LogP contribution in [-0.4, -0.2) is 9.97 Å². The first-order valence-electron chi connectivity index (χ1n) is 11.0. The average Bonchev–Trinajstić information content (AvgIpc) is 2.92. The fraction of sp³-hybridized carbons (Fsp3) is 0.0667. The predicted molar refractivity (Wildman–Crippen MR) is 132 cm³/mol. The van der Waals surface area contributed by atoms with Crippen molar-refractivity contribution >= 4 is 32.6 Å². The van der Waals surface area contributed by atoms with Gasteiger partial charge in [0, 0.05) is 5.92 Å². The molecule has 150 valence electrons. The molecule has 0 saturated heterocycles. The third kappa shape index (κ3) is 2.47. The third-order valence-corrected chi connectivity index (χ3v) is 6.85. The lowest BCUT2D eigenvalue weighted by molar-refractivity contribution is 0.783. The molecule has 0 aliphatic heterocycles. The van der Waals surface area contributed by atoms with Crippen LogP contribution in [0.3, 0.4) is 0 Å².